The summed E-state index contributed by atoms with van der Waals surface area (Å²) in [6.45, 7) is 2.91. The van der Waals surface area contributed by atoms with Gasteiger partial charge in [-0.15, -0.1) is 0 Å². The number of hydrogen-bond acceptors (Lipinski definition) is 4. The van der Waals surface area contributed by atoms with Crippen molar-refractivity contribution in [1.82, 2.24) is 0 Å². The maximum absolute atomic E-state index is 11.1. The minimum Gasteiger partial charge on any atom is -0.463 e. The van der Waals surface area contributed by atoms with Crippen molar-refractivity contribution in [1.29, 1.82) is 0 Å². The molecule has 1 heterocycles. The van der Waals surface area contributed by atoms with Crippen LogP contribution in [0.25, 0.3) is 0 Å². The Morgan fingerprint density at radius 1 is 1.37 bits per heavy atom. The third kappa shape index (κ3) is 4.32. The lowest BCUT2D eigenvalue weighted by atomic mass is 9.94. The van der Waals surface area contributed by atoms with E-state index in [2.05, 4.69) is 0 Å². The number of rotatable bonds is 5. The zero-order chi connectivity index (χ0) is 13.6. The van der Waals surface area contributed by atoms with Crippen LogP contribution in [0.4, 0.5) is 0 Å². The molecule has 1 saturated carbocycles. The van der Waals surface area contributed by atoms with Crippen molar-refractivity contribution in [3.05, 3.63) is 12.2 Å². The van der Waals surface area contributed by atoms with Crippen molar-refractivity contribution in [2.45, 2.75) is 63.8 Å². The molecule has 2 rings (SSSR count). The molecule has 0 bridgehead atoms. The molecule has 1 spiro atoms. The summed E-state index contributed by atoms with van der Waals surface area (Å²) in [5.41, 5.74) is 0. The fraction of sp³-hybridized carbons (Fsp3) is 0.800. The summed E-state index contributed by atoms with van der Waals surface area (Å²) < 4.78 is 16.8. The van der Waals surface area contributed by atoms with Gasteiger partial charge in [0.25, 0.3) is 0 Å². The Morgan fingerprint density at radius 3 is 2.89 bits per heavy atom. The van der Waals surface area contributed by atoms with Crippen molar-refractivity contribution >= 4 is 5.97 Å². The SMILES string of the molecule is CCOC(=O)/C=C/CC[C@H]1COC2(CCCCC2)O1. The van der Waals surface area contributed by atoms with E-state index < -0.39 is 0 Å². The molecule has 0 amide bonds. The molecule has 0 aromatic carbocycles. The van der Waals surface area contributed by atoms with E-state index in [9.17, 15) is 4.79 Å². The van der Waals surface area contributed by atoms with Gasteiger partial charge < -0.3 is 14.2 Å². The number of ether oxygens (including phenoxy) is 3. The van der Waals surface area contributed by atoms with Crippen molar-refractivity contribution in [3.63, 3.8) is 0 Å². The number of hydrogen-bond donors (Lipinski definition) is 0. The van der Waals surface area contributed by atoms with E-state index in [1.165, 1.54) is 25.3 Å². The second kappa shape index (κ2) is 7.06. The van der Waals surface area contributed by atoms with Gasteiger partial charge in [-0.2, -0.15) is 0 Å². The standard InChI is InChI=1S/C15H24O4/c1-2-17-14(16)9-5-4-8-13-12-18-15(19-13)10-6-3-7-11-15/h5,9,13H,2-4,6-8,10-12H2,1H3/b9-5+/t13-/m0/s1. The zero-order valence-electron chi connectivity index (χ0n) is 11.7. The minimum atomic E-state index is -0.284. The minimum absolute atomic E-state index is 0.171. The van der Waals surface area contributed by atoms with Crippen molar-refractivity contribution < 1.29 is 19.0 Å². The first kappa shape index (κ1) is 14.5. The van der Waals surface area contributed by atoms with Crippen LogP contribution in [0.1, 0.15) is 51.9 Å². The van der Waals surface area contributed by atoms with E-state index in [4.69, 9.17) is 14.2 Å². The Hall–Kier alpha value is -0.870. The summed E-state index contributed by atoms with van der Waals surface area (Å²) in [4.78, 5) is 11.1. The van der Waals surface area contributed by atoms with E-state index in [-0.39, 0.29) is 17.9 Å². The molecular formula is C15H24O4. The highest BCUT2D eigenvalue weighted by atomic mass is 16.7. The van der Waals surface area contributed by atoms with Crippen LogP contribution in [0.3, 0.4) is 0 Å². The summed E-state index contributed by atoms with van der Waals surface area (Å²) in [5, 5.41) is 0. The number of allylic oxidation sites excluding steroid dienone is 1. The summed E-state index contributed by atoms with van der Waals surface area (Å²) in [6, 6.07) is 0. The predicted molar refractivity (Wildman–Crippen MR) is 71.6 cm³/mol. The molecule has 19 heavy (non-hydrogen) atoms. The van der Waals surface area contributed by atoms with Gasteiger partial charge in [0.1, 0.15) is 0 Å². The first-order valence-corrected chi connectivity index (χ1v) is 7.39. The van der Waals surface area contributed by atoms with Crippen LogP contribution in [-0.4, -0.2) is 31.1 Å². The van der Waals surface area contributed by atoms with Crippen molar-refractivity contribution in [2.24, 2.45) is 0 Å². The first-order chi connectivity index (χ1) is 9.24. The van der Waals surface area contributed by atoms with Gasteiger partial charge in [-0.3, -0.25) is 0 Å². The van der Waals surface area contributed by atoms with Crippen LogP contribution < -0.4 is 0 Å². The Balaban J connectivity index is 1.66. The fourth-order valence-corrected chi connectivity index (χ4v) is 2.76. The smallest absolute Gasteiger partial charge is 0.330 e. The molecule has 2 aliphatic rings. The number of carbonyl (C=O) groups is 1. The maximum Gasteiger partial charge on any atom is 0.330 e. The summed E-state index contributed by atoms with van der Waals surface area (Å²) >= 11 is 0. The van der Waals surface area contributed by atoms with Gasteiger partial charge in [0.05, 0.1) is 19.3 Å². The van der Waals surface area contributed by atoms with Crippen molar-refractivity contribution in [2.75, 3.05) is 13.2 Å². The van der Waals surface area contributed by atoms with E-state index in [1.54, 1.807) is 6.92 Å². The van der Waals surface area contributed by atoms with Gasteiger partial charge >= 0.3 is 5.97 Å². The molecule has 1 aliphatic heterocycles. The quantitative estimate of drug-likeness (QED) is 0.568. The first-order valence-electron chi connectivity index (χ1n) is 7.39. The Morgan fingerprint density at radius 2 is 2.16 bits per heavy atom. The lowest BCUT2D eigenvalue weighted by Crippen LogP contribution is -2.33. The molecule has 4 nitrogen and oxygen atoms in total. The molecule has 4 heteroatoms. The second-order valence-corrected chi connectivity index (χ2v) is 5.25. The predicted octanol–water partition coefficient (Wildman–Crippen LogP) is 2.96. The van der Waals surface area contributed by atoms with Gasteiger partial charge in [-0.1, -0.05) is 12.5 Å². The largest absolute Gasteiger partial charge is 0.463 e. The van der Waals surface area contributed by atoms with Crippen LogP contribution in [0, 0.1) is 0 Å². The molecule has 1 saturated heterocycles. The van der Waals surface area contributed by atoms with Gasteiger partial charge in [-0.05, 0) is 32.6 Å². The van der Waals surface area contributed by atoms with Gasteiger partial charge in [0.2, 0.25) is 0 Å². The van der Waals surface area contributed by atoms with Crippen LogP contribution in [0.5, 0.6) is 0 Å². The van der Waals surface area contributed by atoms with E-state index in [0.717, 1.165) is 25.7 Å². The lowest BCUT2D eigenvalue weighted by molar-refractivity contribution is -0.187. The molecule has 1 aliphatic carbocycles. The third-order valence-electron chi connectivity index (χ3n) is 3.72. The lowest BCUT2D eigenvalue weighted by Gasteiger charge is -2.31. The monoisotopic (exact) mass is 268 g/mol. The Labute approximate surface area is 115 Å². The molecule has 0 unspecified atom stereocenters. The topological polar surface area (TPSA) is 44.8 Å². The van der Waals surface area contributed by atoms with Gasteiger partial charge in [0.15, 0.2) is 5.79 Å². The zero-order valence-corrected chi connectivity index (χ0v) is 11.7. The third-order valence-corrected chi connectivity index (χ3v) is 3.72. The molecular weight excluding hydrogens is 244 g/mol. The van der Waals surface area contributed by atoms with E-state index in [0.29, 0.717) is 13.2 Å². The molecule has 0 aromatic rings. The Bertz CT molecular complexity index is 318. The molecule has 0 N–H and O–H groups in total. The highest BCUT2D eigenvalue weighted by Crippen LogP contribution is 2.38. The summed E-state index contributed by atoms with van der Waals surface area (Å²) in [7, 11) is 0. The Kier molecular flexibility index (Phi) is 5.40. The van der Waals surface area contributed by atoms with Crippen molar-refractivity contribution in [3.8, 4) is 0 Å². The van der Waals surface area contributed by atoms with Gasteiger partial charge in [0, 0.05) is 18.9 Å². The van der Waals surface area contributed by atoms with Crippen LogP contribution in [0.15, 0.2) is 12.2 Å². The van der Waals surface area contributed by atoms with Gasteiger partial charge in [-0.25, -0.2) is 4.79 Å². The number of esters is 1. The normalized spacial score (nSPS) is 26.1. The van der Waals surface area contributed by atoms with Crippen LogP contribution in [0.2, 0.25) is 0 Å². The molecule has 2 fully saturated rings. The molecule has 0 radical (unpaired) electrons. The van der Waals surface area contributed by atoms with Crippen LogP contribution in [-0.2, 0) is 19.0 Å². The van der Waals surface area contributed by atoms with Crippen LogP contribution >= 0.6 is 0 Å². The molecule has 1 atom stereocenters. The molecule has 0 aromatic heterocycles. The average molecular weight is 268 g/mol. The fourth-order valence-electron chi connectivity index (χ4n) is 2.76. The average Bonchev–Trinajstić information content (AvgIpc) is 2.79. The highest BCUT2D eigenvalue weighted by molar-refractivity contribution is 5.81. The highest BCUT2D eigenvalue weighted by Gasteiger charge is 2.41. The van der Waals surface area contributed by atoms with E-state index in [1.807, 2.05) is 6.08 Å². The van der Waals surface area contributed by atoms with E-state index >= 15 is 0 Å². The maximum atomic E-state index is 11.1. The summed E-state index contributed by atoms with van der Waals surface area (Å²) in [6.07, 6.45) is 11.0. The molecule has 108 valence electrons. The summed E-state index contributed by atoms with van der Waals surface area (Å²) in [5.74, 6) is -0.553. The number of carbonyl (C=O) groups excluding carboxylic acids is 1. The second-order valence-electron chi connectivity index (χ2n) is 5.25.